The highest BCUT2D eigenvalue weighted by atomic mass is 32.2. The Hall–Kier alpha value is -1.19. The van der Waals surface area contributed by atoms with Crippen molar-refractivity contribution in [2.24, 2.45) is 0 Å². The standard InChI is InChI=1S/C10H15NO6S2/c1-10(2,18(3,13)14)7-11-19(15,16)9-5-4-8(6-12)17-9/h4-6,11H,7H2,1-3H3. The molecule has 1 heterocycles. The van der Waals surface area contributed by atoms with Crippen molar-refractivity contribution in [2.45, 2.75) is 23.7 Å². The summed E-state index contributed by atoms with van der Waals surface area (Å²) < 4.78 is 52.2. The maximum atomic E-state index is 11.8. The summed E-state index contributed by atoms with van der Waals surface area (Å²) in [6.07, 6.45) is 1.40. The maximum absolute atomic E-state index is 11.8. The number of hydrogen-bond acceptors (Lipinski definition) is 6. The second-order valence-corrected chi connectivity index (χ2v) is 8.98. The predicted octanol–water partition coefficient (Wildman–Crippen LogP) is 0.194. The summed E-state index contributed by atoms with van der Waals surface area (Å²) in [7, 11) is -7.40. The van der Waals surface area contributed by atoms with Crippen LogP contribution in [-0.4, -0.2) is 40.7 Å². The van der Waals surface area contributed by atoms with Gasteiger partial charge in [-0.2, -0.15) is 0 Å². The topological polar surface area (TPSA) is 111 Å². The van der Waals surface area contributed by atoms with Crippen LogP contribution in [0.15, 0.2) is 21.6 Å². The van der Waals surface area contributed by atoms with Gasteiger partial charge in [0.2, 0.25) is 5.09 Å². The molecule has 9 heteroatoms. The van der Waals surface area contributed by atoms with Crippen molar-refractivity contribution >= 4 is 26.1 Å². The van der Waals surface area contributed by atoms with Gasteiger partial charge in [-0.05, 0) is 26.0 Å². The number of carbonyl (C=O) groups excluding carboxylic acids is 1. The Morgan fingerprint density at radius 1 is 1.26 bits per heavy atom. The van der Waals surface area contributed by atoms with Gasteiger partial charge in [-0.1, -0.05) is 0 Å². The lowest BCUT2D eigenvalue weighted by Gasteiger charge is -2.22. The van der Waals surface area contributed by atoms with Crippen LogP contribution >= 0.6 is 0 Å². The summed E-state index contributed by atoms with van der Waals surface area (Å²) in [6.45, 7) is 2.51. The average molecular weight is 309 g/mol. The molecule has 0 bridgehead atoms. The number of carbonyl (C=O) groups is 1. The van der Waals surface area contributed by atoms with E-state index in [0.717, 1.165) is 12.3 Å². The first-order chi connectivity index (χ1) is 8.49. The average Bonchev–Trinajstić information content (AvgIpc) is 2.74. The molecule has 0 saturated heterocycles. The lowest BCUT2D eigenvalue weighted by molar-refractivity contribution is 0.109. The second kappa shape index (κ2) is 5.06. The third kappa shape index (κ3) is 3.64. The van der Waals surface area contributed by atoms with Crippen molar-refractivity contribution < 1.29 is 26.0 Å². The van der Waals surface area contributed by atoms with Crippen LogP contribution in [0, 0.1) is 0 Å². The molecule has 0 aliphatic rings. The third-order valence-corrected chi connectivity index (χ3v) is 6.10. The minimum Gasteiger partial charge on any atom is -0.440 e. The van der Waals surface area contributed by atoms with E-state index in [9.17, 15) is 21.6 Å². The van der Waals surface area contributed by atoms with Gasteiger partial charge in [0.15, 0.2) is 21.9 Å². The minimum absolute atomic E-state index is 0.122. The Balaban J connectivity index is 2.91. The Bertz CT molecular complexity index is 669. The number of rotatable bonds is 6. The first-order valence-corrected chi connectivity index (χ1v) is 8.61. The van der Waals surface area contributed by atoms with Crippen molar-refractivity contribution in [3.05, 3.63) is 17.9 Å². The van der Waals surface area contributed by atoms with Gasteiger partial charge in [-0.15, -0.1) is 0 Å². The van der Waals surface area contributed by atoms with Crippen LogP contribution in [0.4, 0.5) is 0 Å². The van der Waals surface area contributed by atoms with Crippen LogP contribution in [0.25, 0.3) is 0 Å². The Labute approximate surface area is 112 Å². The van der Waals surface area contributed by atoms with E-state index in [4.69, 9.17) is 4.42 Å². The van der Waals surface area contributed by atoms with Crippen molar-refractivity contribution in [3.63, 3.8) is 0 Å². The van der Waals surface area contributed by atoms with Gasteiger partial charge in [0.1, 0.15) is 0 Å². The molecule has 0 amide bonds. The van der Waals surface area contributed by atoms with E-state index in [0.29, 0.717) is 6.29 Å². The van der Waals surface area contributed by atoms with Gasteiger partial charge in [0, 0.05) is 12.8 Å². The molecule has 1 aromatic rings. The Morgan fingerprint density at radius 2 is 1.84 bits per heavy atom. The quantitative estimate of drug-likeness (QED) is 0.751. The molecule has 19 heavy (non-hydrogen) atoms. The fraction of sp³-hybridized carbons (Fsp3) is 0.500. The lowest BCUT2D eigenvalue weighted by atomic mass is 10.2. The van der Waals surface area contributed by atoms with E-state index >= 15 is 0 Å². The number of aldehydes is 1. The van der Waals surface area contributed by atoms with Gasteiger partial charge in [-0.3, -0.25) is 4.79 Å². The molecular weight excluding hydrogens is 294 g/mol. The summed E-state index contributed by atoms with van der Waals surface area (Å²) in [6, 6.07) is 2.34. The van der Waals surface area contributed by atoms with Gasteiger partial charge >= 0.3 is 0 Å². The van der Waals surface area contributed by atoms with Crippen LogP contribution < -0.4 is 4.72 Å². The van der Waals surface area contributed by atoms with E-state index in [1.165, 1.54) is 19.9 Å². The molecule has 0 radical (unpaired) electrons. The van der Waals surface area contributed by atoms with Crippen molar-refractivity contribution in [2.75, 3.05) is 12.8 Å². The summed E-state index contributed by atoms with van der Waals surface area (Å²) in [4.78, 5) is 10.4. The second-order valence-electron chi connectivity index (χ2n) is 4.63. The van der Waals surface area contributed by atoms with Crippen LogP contribution in [-0.2, 0) is 19.9 Å². The van der Waals surface area contributed by atoms with E-state index in [1.54, 1.807) is 0 Å². The molecule has 0 aliphatic heterocycles. The maximum Gasteiger partial charge on any atom is 0.274 e. The fourth-order valence-corrected chi connectivity index (χ4v) is 2.59. The van der Waals surface area contributed by atoms with E-state index in [-0.39, 0.29) is 12.3 Å². The molecule has 7 nitrogen and oxygen atoms in total. The summed E-state index contributed by atoms with van der Waals surface area (Å²) in [5.41, 5.74) is 0. The van der Waals surface area contributed by atoms with E-state index in [1.807, 2.05) is 0 Å². The summed E-state index contributed by atoms with van der Waals surface area (Å²) in [5, 5.41) is -0.432. The molecule has 0 unspecified atom stereocenters. The normalized spacial score (nSPS) is 13.4. The predicted molar refractivity (Wildman–Crippen MR) is 68.2 cm³/mol. The molecule has 0 spiro atoms. The number of sulfonamides is 1. The number of nitrogens with one attached hydrogen (secondary N) is 1. The number of sulfone groups is 1. The number of furan rings is 1. The Kier molecular flexibility index (Phi) is 4.23. The van der Waals surface area contributed by atoms with Gasteiger partial charge in [-0.25, -0.2) is 21.6 Å². The van der Waals surface area contributed by atoms with Crippen molar-refractivity contribution in [3.8, 4) is 0 Å². The van der Waals surface area contributed by atoms with E-state index < -0.39 is 29.7 Å². The van der Waals surface area contributed by atoms with Crippen LogP contribution in [0.1, 0.15) is 24.4 Å². The summed E-state index contributed by atoms with van der Waals surface area (Å²) in [5.74, 6) is -0.122. The minimum atomic E-state index is -3.98. The molecule has 0 aromatic carbocycles. The third-order valence-electron chi connectivity index (χ3n) is 2.67. The van der Waals surface area contributed by atoms with Gasteiger partial charge < -0.3 is 4.42 Å². The molecule has 1 N–H and O–H groups in total. The molecule has 1 aromatic heterocycles. The molecule has 1 rings (SSSR count). The molecule has 0 atom stereocenters. The van der Waals surface area contributed by atoms with Crippen LogP contribution in [0.5, 0.6) is 0 Å². The molecule has 0 fully saturated rings. The molecular formula is C10H15NO6S2. The van der Waals surface area contributed by atoms with E-state index in [2.05, 4.69) is 4.72 Å². The Morgan fingerprint density at radius 3 is 2.26 bits per heavy atom. The zero-order valence-electron chi connectivity index (χ0n) is 10.7. The lowest BCUT2D eigenvalue weighted by Crippen LogP contribution is -2.43. The SMILES string of the molecule is CC(C)(CNS(=O)(=O)c1ccc(C=O)o1)S(C)(=O)=O. The number of hydrogen-bond donors (Lipinski definition) is 1. The first kappa shape index (κ1) is 15.9. The molecule has 0 saturated carbocycles. The van der Waals surface area contributed by atoms with Crippen molar-refractivity contribution in [1.29, 1.82) is 0 Å². The fourth-order valence-electron chi connectivity index (χ4n) is 1.01. The van der Waals surface area contributed by atoms with Gasteiger partial charge in [0.05, 0.1) is 4.75 Å². The highest BCUT2D eigenvalue weighted by molar-refractivity contribution is 7.92. The highest BCUT2D eigenvalue weighted by Gasteiger charge is 2.32. The molecule has 0 aliphatic carbocycles. The summed E-state index contributed by atoms with van der Waals surface area (Å²) >= 11 is 0. The monoisotopic (exact) mass is 309 g/mol. The molecule has 108 valence electrons. The first-order valence-electron chi connectivity index (χ1n) is 5.24. The largest absolute Gasteiger partial charge is 0.440 e. The van der Waals surface area contributed by atoms with Crippen LogP contribution in [0.3, 0.4) is 0 Å². The van der Waals surface area contributed by atoms with Crippen LogP contribution in [0.2, 0.25) is 0 Å². The van der Waals surface area contributed by atoms with Gasteiger partial charge in [0.25, 0.3) is 10.0 Å². The smallest absolute Gasteiger partial charge is 0.274 e. The van der Waals surface area contributed by atoms with Crippen molar-refractivity contribution in [1.82, 2.24) is 4.72 Å². The zero-order valence-corrected chi connectivity index (χ0v) is 12.3. The highest BCUT2D eigenvalue weighted by Crippen LogP contribution is 2.16. The zero-order chi connectivity index (χ0) is 14.9.